The molecule has 0 saturated heterocycles. The third-order valence-corrected chi connectivity index (χ3v) is 4.34. The van der Waals surface area contributed by atoms with Crippen LogP contribution >= 0.6 is 11.6 Å². The van der Waals surface area contributed by atoms with E-state index in [1.807, 2.05) is 4.72 Å². The van der Waals surface area contributed by atoms with E-state index in [4.69, 9.17) is 16.7 Å². The number of hydrogen-bond donors (Lipinski definition) is 2. The van der Waals surface area contributed by atoms with E-state index in [0.29, 0.717) is 0 Å². The molecule has 0 saturated carbocycles. The van der Waals surface area contributed by atoms with Crippen molar-refractivity contribution < 1.29 is 22.3 Å². The molecule has 8 heteroatoms. The van der Waals surface area contributed by atoms with Crippen LogP contribution in [-0.4, -0.2) is 13.5 Å². The smallest absolute Gasteiger partial charge is 0.264 e. The van der Waals surface area contributed by atoms with Gasteiger partial charge < -0.3 is 5.11 Å². The quantitative estimate of drug-likeness (QED) is 0.904. The number of benzene rings is 2. The summed E-state index contributed by atoms with van der Waals surface area (Å²) in [5, 5.41) is 8.71. The molecule has 0 radical (unpaired) electrons. The van der Waals surface area contributed by atoms with E-state index in [0.717, 1.165) is 18.2 Å². The maximum atomic E-state index is 13.7. The third-order valence-electron chi connectivity index (χ3n) is 2.66. The Balaban J connectivity index is 2.46. The predicted octanol–water partition coefficient (Wildman–Crippen LogP) is 2.91. The lowest BCUT2D eigenvalue weighted by atomic mass is 10.2. The number of halogens is 3. The molecule has 2 N–H and O–H groups in total. The van der Waals surface area contributed by atoms with Gasteiger partial charge in [0.1, 0.15) is 10.7 Å². The van der Waals surface area contributed by atoms with Gasteiger partial charge in [-0.1, -0.05) is 23.7 Å². The Morgan fingerprint density at radius 3 is 2.57 bits per heavy atom. The van der Waals surface area contributed by atoms with Crippen LogP contribution in [0.25, 0.3) is 0 Å². The van der Waals surface area contributed by atoms with Crippen LogP contribution in [0, 0.1) is 11.6 Å². The van der Waals surface area contributed by atoms with Crippen molar-refractivity contribution in [3.05, 3.63) is 58.6 Å². The highest BCUT2D eigenvalue weighted by Gasteiger charge is 2.21. The van der Waals surface area contributed by atoms with Gasteiger partial charge in [0.05, 0.1) is 17.3 Å². The monoisotopic (exact) mass is 333 g/mol. The van der Waals surface area contributed by atoms with Crippen LogP contribution in [0.1, 0.15) is 5.56 Å². The zero-order chi connectivity index (χ0) is 15.6. The van der Waals surface area contributed by atoms with Crippen LogP contribution in [0.3, 0.4) is 0 Å². The molecular formula is C13H10ClF2NO3S. The largest absolute Gasteiger partial charge is 0.392 e. The molecule has 4 nitrogen and oxygen atoms in total. The molecule has 0 aromatic heterocycles. The second-order valence-electron chi connectivity index (χ2n) is 4.13. The summed E-state index contributed by atoms with van der Waals surface area (Å²) in [5.74, 6) is -1.97. The van der Waals surface area contributed by atoms with Crippen molar-refractivity contribution in [1.29, 1.82) is 0 Å². The first kappa shape index (κ1) is 15.7. The molecule has 0 aliphatic rings. The topological polar surface area (TPSA) is 66.4 Å². The van der Waals surface area contributed by atoms with E-state index in [2.05, 4.69) is 0 Å². The molecule has 2 rings (SSSR count). The number of anilines is 1. The number of aliphatic hydroxyl groups is 1. The molecule has 0 atom stereocenters. The first-order chi connectivity index (χ1) is 9.85. The first-order valence-corrected chi connectivity index (χ1v) is 7.57. The zero-order valence-corrected chi connectivity index (χ0v) is 12.0. The molecule has 0 spiro atoms. The SMILES string of the molecule is O=S(=O)(Nc1cccc(Cl)c1F)c1cc(CO)ccc1F. The Labute approximate surface area is 125 Å². The highest BCUT2D eigenvalue weighted by atomic mass is 35.5. The summed E-state index contributed by atoms with van der Waals surface area (Å²) in [4.78, 5) is -0.687. The molecule has 2 aromatic rings. The fourth-order valence-corrected chi connectivity index (χ4v) is 3.00. The van der Waals surface area contributed by atoms with Crippen LogP contribution in [0.2, 0.25) is 5.02 Å². The molecule has 0 heterocycles. The maximum Gasteiger partial charge on any atom is 0.264 e. The maximum absolute atomic E-state index is 13.7. The summed E-state index contributed by atoms with van der Waals surface area (Å²) < 4.78 is 53.5. The molecule has 0 amide bonds. The van der Waals surface area contributed by atoms with Gasteiger partial charge in [0.25, 0.3) is 10.0 Å². The lowest BCUT2D eigenvalue weighted by molar-refractivity contribution is 0.281. The molecule has 112 valence electrons. The van der Waals surface area contributed by atoms with Crippen molar-refractivity contribution in [3.63, 3.8) is 0 Å². The van der Waals surface area contributed by atoms with E-state index >= 15 is 0 Å². The Bertz CT molecular complexity index is 781. The van der Waals surface area contributed by atoms with Crippen molar-refractivity contribution in [2.45, 2.75) is 11.5 Å². The minimum atomic E-state index is -4.35. The molecule has 0 bridgehead atoms. The summed E-state index contributed by atoms with van der Waals surface area (Å²) in [6, 6.07) is 6.89. The molecule has 2 aromatic carbocycles. The Morgan fingerprint density at radius 2 is 1.90 bits per heavy atom. The Morgan fingerprint density at radius 1 is 1.19 bits per heavy atom. The minimum absolute atomic E-state index is 0.211. The van der Waals surface area contributed by atoms with E-state index in [9.17, 15) is 17.2 Å². The van der Waals surface area contributed by atoms with Gasteiger partial charge >= 0.3 is 0 Å². The number of aliphatic hydroxyl groups excluding tert-OH is 1. The van der Waals surface area contributed by atoms with Crippen LogP contribution in [0.15, 0.2) is 41.3 Å². The van der Waals surface area contributed by atoms with Crippen LogP contribution in [0.4, 0.5) is 14.5 Å². The predicted molar refractivity (Wildman–Crippen MR) is 74.5 cm³/mol. The summed E-state index contributed by atoms with van der Waals surface area (Å²) >= 11 is 5.55. The van der Waals surface area contributed by atoms with Crippen molar-refractivity contribution in [3.8, 4) is 0 Å². The molecular weight excluding hydrogens is 324 g/mol. The average Bonchev–Trinajstić information content (AvgIpc) is 2.44. The number of rotatable bonds is 4. The van der Waals surface area contributed by atoms with Gasteiger partial charge in [-0.05, 0) is 29.8 Å². The molecule has 0 aliphatic carbocycles. The number of nitrogens with one attached hydrogen (secondary N) is 1. The van der Waals surface area contributed by atoms with Crippen molar-refractivity contribution in [2.24, 2.45) is 0 Å². The zero-order valence-electron chi connectivity index (χ0n) is 10.5. The lowest BCUT2D eigenvalue weighted by Gasteiger charge is -2.11. The van der Waals surface area contributed by atoms with Gasteiger partial charge in [-0.15, -0.1) is 0 Å². The standard InChI is InChI=1S/C13H10ClF2NO3S/c14-9-2-1-3-11(13(9)16)17-21(19,20)12-6-8(7-18)4-5-10(12)15/h1-6,17-18H,7H2. The second kappa shape index (κ2) is 5.97. The number of hydrogen-bond acceptors (Lipinski definition) is 3. The third kappa shape index (κ3) is 3.31. The van der Waals surface area contributed by atoms with E-state index in [1.165, 1.54) is 18.2 Å². The van der Waals surface area contributed by atoms with E-state index in [1.54, 1.807) is 0 Å². The molecule has 0 unspecified atom stereocenters. The van der Waals surface area contributed by atoms with Gasteiger partial charge in [0.15, 0.2) is 5.82 Å². The first-order valence-electron chi connectivity index (χ1n) is 5.71. The highest BCUT2D eigenvalue weighted by molar-refractivity contribution is 7.92. The van der Waals surface area contributed by atoms with Crippen molar-refractivity contribution >= 4 is 27.3 Å². The summed E-state index contributed by atoms with van der Waals surface area (Å²) in [5.41, 5.74) is -0.181. The van der Waals surface area contributed by atoms with Crippen molar-refractivity contribution in [2.75, 3.05) is 4.72 Å². The lowest BCUT2D eigenvalue weighted by Crippen LogP contribution is -2.16. The second-order valence-corrected chi connectivity index (χ2v) is 6.19. The van der Waals surface area contributed by atoms with Crippen LogP contribution < -0.4 is 4.72 Å². The van der Waals surface area contributed by atoms with Crippen LogP contribution in [0.5, 0.6) is 0 Å². The fraction of sp³-hybridized carbons (Fsp3) is 0.0769. The Hall–Kier alpha value is -1.70. The summed E-state index contributed by atoms with van der Waals surface area (Å²) in [6.07, 6.45) is 0. The van der Waals surface area contributed by atoms with Crippen molar-refractivity contribution in [1.82, 2.24) is 0 Å². The van der Waals surface area contributed by atoms with Gasteiger partial charge in [0, 0.05) is 0 Å². The molecule has 21 heavy (non-hydrogen) atoms. The van der Waals surface area contributed by atoms with Gasteiger partial charge in [0.2, 0.25) is 0 Å². The fourth-order valence-electron chi connectivity index (χ4n) is 1.63. The molecule has 0 fully saturated rings. The van der Waals surface area contributed by atoms with E-state index in [-0.39, 0.29) is 10.6 Å². The van der Waals surface area contributed by atoms with Gasteiger partial charge in [-0.25, -0.2) is 17.2 Å². The number of sulfonamides is 1. The van der Waals surface area contributed by atoms with Gasteiger partial charge in [-0.2, -0.15) is 0 Å². The average molecular weight is 334 g/mol. The summed E-state index contributed by atoms with van der Waals surface area (Å²) in [7, 11) is -4.35. The normalized spacial score (nSPS) is 11.4. The summed E-state index contributed by atoms with van der Waals surface area (Å²) in [6.45, 7) is -0.450. The van der Waals surface area contributed by atoms with E-state index < -0.39 is 38.8 Å². The highest BCUT2D eigenvalue weighted by Crippen LogP contribution is 2.25. The minimum Gasteiger partial charge on any atom is -0.392 e. The van der Waals surface area contributed by atoms with Gasteiger partial charge in [-0.3, -0.25) is 4.72 Å². The Kier molecular flexibility index (Phi) is 4.46. The molecule has 0 aliphatic heterocycles. The van der Waals surface area contributed by atoms with Crippen LogP contribution in [-0.2, 0) is 16.6 Å².